The molecule has 100 valence electrons. The SMILES string of the molecule is CCC1COCCN1c1nc2c(s1)CCCC2N. The zero-order valence-electron chi connectivity index (χ0n) is 10.9. The van der Waals surface area contributed by atoms with Gasteiger partial charge < -0.3 is 15.4 Å². The summed E-state index contributed by atoms with van der Waals surface area (Å²) in [5.41, 5.74) is 7.31. The van der Waals surface area contributed by atoms with Gasteiger partial charge >= 0.3 is 0 Å². The quantitative estimate of drug-likeness (QED) is 0.891. The Kier molecular flexibility index (Phi) is 3.54. The highest BCUT2D eigenvalue weighted by molar-refractivity contribution is 7.15. The van der Waals surface area contributed by atoms with Gasteiger partial charge in [-0.05, 0) is 25.7 Å². The number of ether oxygens (including phenoxy) is 1. The number of fused-ring (bicyclic) bond motifs is 1. The molecule has 2 unspecified atom stereocenters. The second-order valence-electron chi connectivity index (χ2n) is 5.13. The Bertz CT molecular complexity index is 420. The molecule has 1 aromatic rings. The number of hydrogen-bond acceptors (Lipinski definition) is 5. The lowest BCUT2D eigenvalue weighted by Crippen LogP contribution is -2.45. The lowest BCUT2D eigenvalue weighted by Gasteiger charge is -2.34. The maximum Gasteiger partial charge on any atom is 0.186 e. The molecule has 2 heterocycles. The second kappa shape index (κ2) is 5.15. The summed E-state index contributed by atoms with van der Waals surface area (Å²) in [7, 11) is 0. The molecular weight excluding hydrogens is 246 g/mol. The van der Waals surface area contributed by atoms with Crippen LogP contribution >= 0.6 is 11.3 Å². The van der Waals surface area contributed by atoms with Gasteiger partial charge in [0.1, 0.15) is 0 Å². The molecule has 1 saturated heterocycles. The number of anilines is 1. The molecule has 1 aromatic heterocycles. The van der Waals surface area contributed by atoms with E-state index in [9.17, 15) is 0 Å². The van der Waals surface area contributed by atoms with Crippen molar-refractivity contribution >= 4 is 16.5 Å². The van der Waals surface area contributed by atoms with Crippen LogP contribution in [0.4, 0.5) is 5.13 Å². The summed E-state index contributed by atoms with van der Waals surface area (Å²) in [6.07, 6.45) is 4.55. The first kappa shape index (κ1) is 12.4. The Labute approximate surface area is 112 Å². The highest BCUT2D eigenvalue weighted by Crippen LogP contribution is 2.36. The average Bonchev–Trinajstić information content (AvgIpc) is 2.84. The molecular formula is C13H21N3OS. The summed E-state index contributed by atoms with van der Waals surface area (Å²) in [5, 5.41) is 1.16. The fourth-order valence-electron chi connectivity index (χ4n) is 2.81. The minimum Gasteiger partial charge on any atom is -0.377 e. The zero-order chi connectivity index (χ0) is 12.5. The molecule has 2 N–H and O–H groups in total. The Morgan fingerprint density at radius 1 is 1.56 bits per heavy atom. The van der Waals surface area contributed by atoms with Crippen molar-refractivity contribution in [3.63, 3.8) is 0 Å². The van der Waals surface area contributed by atoms with Crippen molar-refractivity contribution in [1.82, 2.24) is 4.98 Å². The van der Waals surface area contributed by atoms with E-state index in [1.54, 1.807) is 0 Å². The van der Waals surface area contributed by atoms with Crippen LogP contribution in [-0.2, 0) is 11.2 Å². The van der Waals surface area contributed by atoms with Gasteiger partial charge in [-0.25, -0.2) is 4.98 Å². The minimum absolute atomic E-state index is 0.153. The third-order valence-electron chi connectivity index (χ3n) is 3.93. The van der Waals surface area contributed by atoms with Gasteiger partial charge in [-0.1, -0.05) is 6.92 Å². The molecule has 1 fully saturated rings. The number of thiazole rings is 1. The third-order valence-corrected chi connectivity index (χ3v) is 5.10. The zero-order valence-corrected chi connectivity index (χ0v) is 11.7. The summed E-state index contributed by atoms with van der Waals surface area (Å²) in [6.45, 7) is 4.81. The summed E-state index contributed by atoms with van der Waals surface area (Å²) in [4.78, 5) is 8.64. The van der Waals surface area contributed by atoms with E-state index in [0.717, 1.165) is 49.8 Å². The van der Waals surface area contributed by atoms with Crippen LogP contribution in [0.3, 0.4) is 0 Å². The van der Waals surface area contributed by atoms with Gasteiger partial charge in [0.25, 0.3) is 0 Å². The number of nitrogens with zero attached hydrogens (tertiary/aromatic N) is 2. The van der Waals surface area contributed by atoms with Gasteiger partial charge in [0.05, 0.1) is 24.9 Å². The average molecular weight is 267 g/mol. The van der Waals surface area contributed by atoms with E-state index in [-0.39, 0.29) is 6.04 Å². The van der Waals surface area contributed by atoms with E-state index in [2.05, 4.69) is 11.8 Å². The fourth-order valence-corrected chi connectivity index (χ4v) is 4.08. The minimum atomic E-state index is 0.153. The predicted octanol–water partition coefficient (Wildman–Crippen LogP) is 2.09. The first-order valence-corrected chi connectivity index (χ1v) is 7.70. The van der Waals surface area contributed by atoms with Crippen LogP contribution in [0.2, 0.25) is 0 Å². The molecule has 0 aromatic carbocycles. The molecule has 1 aliphatic carbocycles. The number of aromatic nitrogens is 1. The molecule has 3 rings (SSSR count). The molecule has 0 bridgehead atoms. The molecule has 2 atom stereocenters. The van der Waals surface area contributed by atoms with E-state index in [0.29, 0.717) is 6.04 Å². The van der Waals surface area contributed by atoms with E-state index in [1.165, 1.54) is 11.3 Å². The first-order chi connectivity index (χ1) is 8.79. The van der Waals surface area contributed by atoms with Gasteiger partial charge in [-0.3, -0.25) is 0 Å². The normalized spacial score (nSPS) is 28.2. The van der Waals surface area contributed by atoms with Crippen LogP contribution in [0.1, 0.15) is 42.8 Å². The molecule has 0 spiro atoms. The van der Waals surface area contributed by atoms with E-state index in [1.807, 2.05) is 11.3 Å². The highest BCUT2D eigenvalue weighted by atomic mass is 32.1. The van der Waals surface area contributed by atoms with E-state index in [4.69, 9.17) is 15.5 Å². The number of hydrogen-bond donors (Lipinski definition) is 1. The topological polar surface area (TPSA) is 51.4 Å². The Hall–Kier alpha value is -0.650. The molecule has 5 heteroatoms. The van der Waals surface area contributed by atoms with Crippen molar-refractivity contribution in [3.05, 3.63) is 10.6 Å². The maximum absolute atomic E-state index is 6.16. The van der Waals surface area contributed by atoms with E-state index < -0.39 is 0 Å². The van der Waals surface area contributed by atoms with Crippen LogP contribution < -0.4 is 10.6 Å². The first-order valence-electron chi connectivity index (χ1n) is 6.89. The lowest BCUT2D eigenvalue weighted by atomic mass is 9.99. The smallest absolute Gasteiger partial charge is 0.186 e. The number of aryl methyl sites for hydroxylation is 1. The van der Waals surface area contributed by atoms with Crippen molar-refractivity contribution < 1.29 is 4.74 Å². The molecule has 2 aliphatic rings. The van der Waals surface area contributed by atoms with Crippen molar-refractivity contribution in [2.24, 2.45) is 5.73 Å². The Morgan fingerprint density at radius 2 is 2.44 bits per heavy atom. The van der Waals surface area contributed by atoms with Gasteiger partial charge in [0, 0.05) is 17.5 Å². The van der Waals surface area contributed by atoms with Gasteiger partial charge in [0.15, 0.2) is 5.13 Å². The monoisotopic (exact) mass is 267 g/mol. The maximum atomic E-state index is 6.16. The van der Waals surface area contributed by atoms with Crippen molar-refractivity contribution in [3.8, 4) is 0 Å². The summed E-state index contributed by atoms with van der Waals surface area (Å²) in [5.74, 6) is 0. The molecule has 4 nitrogen and oxygen atoms in total. The van der Waals surface area contributed by atoms with Gasteiger partial charge in [-0.15, -0.1) is 11.3 Å². The second-order valence-corrected chi connectivity index (χ2v) is 6.20. The summed E-state index contributed by atoms with van der Waals surface area (Å²) >= 11 is 1.84. The van der Waals surface area contributed by atoms with Crippen LogP contribution in [0.5, 0.6) is 0 Å². The highest BCUT2D eigenvalue weighted by Gasteiger charge is 2.28. The number of nitrogens with two attached hydrogens (primary N) is 1. The molecule has 0 amide bonds. The van der Waals surface area contributed by atoms with Gasteiger partial charge in [0.2, 0.25) is 0 Å². The van der Waals surface area contributed by atoms with Crippen LogP contribution in [0.25, 0.3) is 0 Å². The number of morpholine rings is 1. The Morgan fingerprint density at radius 3 is 3.22 bits per heavy atom. The molecule has 1 aliphatic heterocycles. The largest absolute Gasteiger partial charge is 0.377 e. The molecule has 0 radical (unpaired) electrons. The molecule has 18 heavy (non-hydrogen) atoms. The number of rotatable bonds is 2. The van der Waals surface area contributed by atoms with Crippen molar-refractivity contribution in [1.29, 1.82) is 0 Å². The van der Waals surface area contributed by atoms with E-state index >= 15 is 0 Å². The van der Waals surface area contributed by atoms with Crippen molar-refractivity contribution in [2.75, 3.05) is 24.7 Å². The summed E-state index contributed by atoms with van der Waals surface area (Å²) < 4.78 is 5.56. The predicted molar refractivity (Wildman–Crippen MR) is 74.2 cm³/mol. The molecule has 0 saturated carbocycles. The van der Waals surface area contributed by atoms with Crippen LogP contribution in [-0.4, -0.2) is 30.8 Å². The van der Waals surface area contributed by atoms with Gasteiger partial charge in [-0.2, -0.15) is 0 Å². The summed E-state index contributed by atoms with van der Waals surface area (Å²) in [6, 6.07) is 0.627. The lowest BCUT2D eigenvalue weighted by molar-refractivity contribution is 0.0929. The van der Waals surface area contributed by atoms with Crippen molar-refractivity contribution in [2.45, 2.75) is 44.7 Å². The van der Waals surface area contributed by atoms with Crippen LogP contribution in [0, 0.1) is 0 Å². The Balaban J connectivity index is 1.87. The fraction of sp³-hybridized carbons (Fsp3) is 0.769. The third kappa shape index (κ3) is 2.15. The van der Waals surface area contributed by atoms with Crippen LogP contribution in [0.15, 0.2) is 0 Å². The standard InChI is InChI=1S/C13H21N3OS/c1-2-9-8-17-7-6-16(9)13-15-12-10(14)4-3-5-11(12)18-13/h9-10H,2-8,14H2,1H3.